The van der Waals surface area contributed by atoms with Crippen molar-refractivity contribution in [2.24, 2.45) is 0 Å². The van der Waals surface area contributed by atoms with Crippen molar-refractivity contribution in [3.05, 3.63) is 47.4 Å². The van der Waals surface area contributed by atoms with Gasteiger partial charge in [0.05, 0.1) is 26.9 Å². The average Bonchev–Trinajstić information content (AvgIpc) is 2.91. The minimum Gasteiger partial charge on any atom is -0.497 e. The second kappa shape index (κ2) is 7.15. The summed E-state index contributed by atoms with van der Waals surface area (Å²) >= 11 is 0. The van der Waals surface area contributed by atoms with Crippen LogP contribution in [0.1, 0.15) is 23.2 Å². The van der Waals surface area contributed by atoms with Crippen molar-refractivity contribution in [2.75, 3.05) is 20.8 Å². The van der Waals surface area contributed by atoms with Gasteiger partial charge in [0.15, 0.2) is 0 Å². The van der Waals surface area contributed by atoms with Crippen molar-refractivity contribution >= 4 is 0 Å². The van der Waals surface area contributed by atoms with Gasteiger partial charge in [-0.1, -0.05) is 0 Å². The Bertz CT molecular complexity index is 579. The van der Waals surface area contributed by atoms with Crippen LogP contribution in [-0.2, 0) is 6.54 Å². The average molecular weight is 291 g/mol. The quantitative estimate of drug-likeness (QED) is 0.820. The fourth-order valence-electron chi connectivity index (χ4n) is 2.12. The van der Waals surface area contributed by atoms with Crippen molar-refractivity contribution in [1.29, 1.82) is 0 Å². The van der Waals surface area contributed by atoms with E-state index in [1.54, 1.807) is 32.4 Å². The monoisotopic (exact) mass is 291 g/mol. The van der Waals surface area contributed by atoms with E-state index in [9.17, 15) is 5.11 Å². The second-order valence-corrected chi connectivity index (χ2v) is 4.77. The Morgan fingerprint density at radius 2 is 2.00 bits per heavy atom. The van der Waals surface area contributed by atoms with Gasteiger partial charge in [-0.2, -0.15) is 0 Å². The number of aliphatic hydroxyl groups excluding tert-OH is 1. The van der Waals surface area contributed by atoms with Crippen LogP contribution in [-0.4, -0.2) is 25.9 Å². The first-order valence-electron chi connectivity index (χ1n) is 6.80. The van der Waals surface area contributed by atoms with Crippen LogP contribution < -0.4 is 14.8 Å². The number of hydrogen-bond acceptors (Lipinski definition) is 5. The first-order valence-corrected chi connectivity index (χ1v) is 6.80. The summed E-state index contributed by atoms with van der Waals surface area (Å²) in [5.41, 5.74) is 0.694. The predicted molar refractivity (Wildman–Crippen MR) is 79.7 cm³/mol. The summed E-state index contributed by atoms with van der Waals surface area (Å²) in [6, 6.07) is 9.20. The molecule has 0 spiro atoms. The number of aryl methyl sites for hydroxylation is 1. The maximum Gasteiger partial charge on any atom is 0.124 e. The van der Waals surface area contributed by atoms with Gasteiger partial charge in [0.1, 0.15) is 23.0 Å². The maximum atomic E-state index is 10.3. The highest BCUT2D eigenvalue weighted by Crippen LogP contribution is 2.29. The van der Waals surface area contributed by atoms with Gasteiger partial charge in [-0.3, -0.25) is 0 Å². The van der Waals surface area contributed by atoms with Gasteiger partial charge in [-0.05, 0) is 37.3 Å². The minimum atomic E-state index is -0.689. The minimum absolute atomic E-state index is 0.392. The highest BCUT2D eigenvalue weighted by Gasteiger charge is 2.14. The predicted octanol–water partition coefficient (Wildman–Crippen LogP) is 2.43. The number of nitrogens with one attached hydrogen (secondary N) is 1. The van der Waals surface area contributed by atoms with Gasteiger partial charge >= 0.3 is 0 Å². The van der Waals surface area contributed by atoms with Gasteiger partial charge in [0.2, 0.25) is 0 Å². The Kier molecular flexibility index (Phi) is 5.25. The van der Waals surface area contributed by atoms with Crippen LogP contribution in [0.5, 0.6) is 11.5 Å². The molecule has 2 rings (SSSR count). The SMILES string of the molecule is COc1ccc(OC)c(C(O)CNCc2ccc(C)o2)c1. The molecule has 5 heteroatoms. The summed E-state index contributed by atoms with van der Waals surface area (Å²) in [7, 11) is 3.17. The normalized spacial score (nSPS) is 12.2. The number of aliphatic hydroxyl groups is 1. The molecular weight excluding hydrogens is 270 g/mol. The summed E-state index contributed by atoms with van der Waals surface area (Å²) in [5.74, 6) is 3.05. The highest BCUT2D eigenvalue weighted by atomic mass is 16.5. The number of methoxy groups -OCH3 is 2. The summed E-state index contributed by atoms with van der Waals surface area (Å²) < 4.78 is 15.9. The molecule has 0 aliphatic rings. The van der Waals surface area contributed by atoms with E-state index in [2.05, 4.69) is 5.32 Å². The molecule has 1 unspecified atom stereocenters. The van der Waals surface area contributed by atoms with Crippen molar-refractivity contribution in [2.45, 2.75) is 19.6 Å². The maximum absolute atomic E-state index is 10.3. The van der Waals surface area contributed by atoms with Gasteiger partial charge in [0.25, 0.3) is 0 Å². The number of ether oxygens (including phenoxy) is 2. The molecular formula is C16H21NO4. The van der Waals surface area contributed by atoms with E-state index in [-0.39, 0.29) is 0 Å². The highest BCUT2D eigenvalue weighted by molar-refractivity contribution is 5.41. The number of hydrogen-bond donors (Lipinski definition) is 2. The van der Waals surface area contributed by atoms with E-state index in [1.807, 2.05) is 19.1 Å². The zero-order valence-corrected chi connectivity index (χ0v) is 12.6. The zero-order chi connectivity index (χ0) is 15.2. The lowest BCUT2D eigenvalue weighted by Crippen LogP contribution is -2.21. The van der Waals surface area contributed by atoms with Crippen LogP contribution in [0.2, 0.25) is 0 Å². The molecule has 1 aromatic carbocycles. The molecule has 2 N–H and O–H groups in total. The zero-order valence-electron chi connectivity index (χ0n) is 12.6. The van der Waals surface area contributed by atoms with E-state index in [0.29, 0.717) is 30.2 Å². The third kappa shape index (κ3) is 4.00. The Morgan fingerprint density at radius 3 is 2.62 bits per heavy atom. The van der Waals surface area contributed by atoms with Crippen molar-refractivity contribution in [3.8, 4) is 11.5 Å². The van der Waals surface area contributed by atoms with E-state index in [1.165, 1.54) is 0 Å². The molecule has 0 amide bonds. The smallest absolute Gasteiger partial charge is 0.124 e. The lowest BCUT2D eigenvalue weighted by Gasteiger charge is -2.16. The standard InChI is InChI=1S/C16H21NO4/c1-11-4-5-13(21-11)9-17-10-15(18)14-8-12(19-2)6-7-16(14)20-3/h4-8,15,17-18H,9-10H2,1-3H3. The summed E-state index contributed by atoms with van der Waals surface area (Å²) in [6.07, 6.45) is -0.689. The molecule has 1 aromatic heterocycles. The number of benzene rings is 1. The Morgan fingerprint density at radius 1 is 1.19 bits per heavy atom. The Labute approximate surface area is 124 Å². The molecule has 2 aromatic rings. The molecule has 1 atom stereocenters. The third-order valence-electron chi connectivity index (χ3n) is 3.23. The molecule has 114 valence electrons. The van der Waals surface area contributed by atoms with Gasteiger partial charge in [-0.25, -0.2) is 0 Å². The van der Waals surface area contributed by atoms with Crippen LogP contribution in [0.3, 0.4) is 0 Å². The lowest BCUT2D eigenvalue weighted by atomic mass is 10.1. The van der Waals surface area contributed by atoms with Crippen molar-refractivity contribution in [3.63, 3.8) is 0 Å². The fraction of sp³-hybridized carbons (Fsp3) is 0.375. The molecule has 5 nitrogen and oxygen atoms in total. The lowest BCUT2D eigenvalue weighted by molar-refractivity contribution is 0.168. The van der Waals surface area contributed by atoms with Crippen LogP contribution >= 0.6 is 0 Å². The molecule has 0 saturated carbocycles. The van der Waals surface area contributed by atoms with Crippen LogP contribution in [0.4, 0.5) is 0 Å². The van der Waals surface area contributed by atoms with Crippen LogP contribution in [0.25, 0.3) is 0 Å². The van der Waals surface area contributed by atoms with Gasteiger partial charge < -0.3 is 24.3 Å². The molecule has 1 heterocycles. The van der Waals surface area contributed by atoms with E-state index in [4.69, 9.17) is 13.9 Å². The molecule has 21 heavy (non-hydrogen) atoms. The summed E-state index contributed by atoms with van der Waals surface area (Å²) in [5, 5.41) is 13.5. The number of furan rings is 1. The van der Waals surface area contributed by atoms with E-state index >= 15 is 0 Å². The van der Waals surface area contributed by atoms with Crippen molar-refractivity contribution in [1.82, 2.24) is 5.32 Å². The Balaban J connectivity index is 1.97. The molecule has 0 bridgehead atoms. The fourth-order valence-corrected chi connectivity index (χ4v) is 2.12. The second-order valence-electron chi connectivity index (χ2n) is 4.77. The van der Waals surface area contributed by atoms with Crippen LogP contribution in [0, 0.1) is 6.92 Å². The molecule has 0 fully saturated rings. The first-order chi connectivity index (χ1) is 10.1. The topological polar surface area (TPSA) is 63.9 Å². The van der Waals surface area contributed by atoms with Crippen molar-refractivity contribution < 1.29 is 19.0 Å². The summed E-state index contributed by atoms with van der Waals surface area (Å²) in [6.45, 7) is 2.86. The molecule has 0 radical (unpaired) electrons. The van der Waals surface area contributed by atoms with E-state index in [0.717, 1.165) is 11.5 Å². The molecule has 0 aliphatic heterocycles. The molecule has 0 aliphatic carbocycles. The van der Waals surface area contributed by atoms with Crippen LogP contribution in [0.15, 0.2) is 34.7 Å². The largest absolute Gasteiger partial charge is 0.497 e. The van der Waals surface area contributed by atoms with E-state index < -0.39 is 6.10 Å². The number of rotatable bonds is 7. The summed E-state index contributed by atoms with van der Waals surface area (Å²) in [4.78, 5) is 0. The van der Waals surface area contributed by atoms with Gasteiger partial charge in [-0.15, -0.1) is 0 Å². The van der Waals surface area contributed by atoms with Gasteiger partial charge in [0, 0.05) is 12.1 Å². The Hall–Kier alpha value is -1.98. The third-order valence-corrected chi connectivity index (χ3v) is 3.23. The first kappa shape index (κ1) is 15.4. The molecule has 0 saturated heterocycles.